The van der Waals surface area contributed by atoms with E-state index in [4.69, 9.17) is 4.74 Å². The number of ether oxygens (including phenoxy) is 1. The highest BCUT2D eigenvalue weighted by Gasteiger charge is 2.23. The van der Waals surface area contributed by atoms with Gasteiger partial charge in [-0.2, -0.15) is 0 Å². The third-order valence-corrected chi connectivity index (χ3v) is 4.82. The van der Waals surface area contributed by atoms with Gasteiger partial charge in [-0.15, -0.1) is 0 Å². The third kappa shape index (κ3) is 2.58. The number of fused-ring (bicyclic) bond motifs is 3. The molecule has 0 amide bonds. The molecule has 4 aromatic rings. The molecule has 5 rings (SSSR count). The standard InChI is InChI=1S/C23H18N2O/c1-2-6-19(7-3-1)26-20-12-10-18(11-13-20)25-15-14-17-16-24-22-9-5-4-8-21(22)23(17)25/h1-13,16H,14-15H2. The number of nitrogens with zero attached hydrogens (tertiary/aromatic N) is 2. The lowest BCUT2D eigenvalue weighted by Crippen LogP contribution is -2.13. The first kappa shape index (κ1) is 15.0. The van der Waals surface area contributed by atoms with Crippen LogP contribution in [0.5, 0.6) is 11.5 Å². The molecule has 0 atom stereocenters. The number of anilines is 2. The van der Waals surface area contributed by atoms with Gasteiger partial charge in [-0.25, -0.2) is 0 Å². The Morgan fingerprint density at radius 2 is 1.50 bits per heavy atom. The summed E-state index contributed by atoms with van der Waals surface area (Å²) in [5.41, 5.74) is 4.82. The van der Waals surface area contributed by atoms with Crippen LogP contribution < -0.4 is 9.64 Å². The van der Waals surface area contributed by atoms with E-state index in [-0.39, 0.29) is 0 Å². The van der Waals surface area contributed by atoms with Gasteiger partial charge in [0.25, 0.3) is 0 Å². The summed E-state index contributed by atoms with van der Waals surface area (Å²) in [5.74, 6) is 1.70. The lowest BCUT2D eigenvalue weighted by molar-refractivity contribution is 0.483. The molecule has 3 heteroatoms. The highest BCUT2D eigenvalue weighted by atomic mass is 16.5. The molecule has 0 saturated carbocycles. The van der Waals surface area contributed by atoms with Crippen LogP contribution in [0.3, 0.4) is 0 Å². The summed E-state index contributed by atoms with van der Waals surface area (Å²) in [6.45, 7) is 0.976. The molecule has 0 aliphatic carbocycles. The molecular weight excluding hydrogens is 320 g/mol. The number of hydrogen-bond acceptors (Lipinski definition) is 3. The SMILES string of the molecule is c1ccc(Oc2ccc(N3CCc4cnc5ccccc5c43)cc2)cc1. The van der Waals surface area contributed by atoms with Crippen LogP contribution in [0.25, 0.3) is 10.9 Å². The smallest absolute Gasteiger partial charge is 0.127 e. The van der Waals surface area contributed by atoms with E-state index in [1.165, 1.54) is 22.3 Å². The second-order valence-electron chi connectivity index (χ2n) is 6.46. The van der Waals surface area contributed by atoms with Crippen molar-refractivity contribution in [2.45, 2.75) is 6.42 Å². The Balaban J connectivity index is 1.48. The second-order valence-corrected chi connectivity index (χ2v) is 6.46. The molecule has 126 valence electrons. The van der Waals surface area contributed by atoms with Crippen LogP contribution in [-0.2, 0) is 6.42 Å². The Labute approximate surface area is 152 Å². The van der Waals surface area contributed by atoms with Crippen LogP contribution in [0, 0.1) is 0 Å². The van der Waals surface area contributed by atoms with Crippen molar-refractivity contribution in [3.63, 3.8) is 0 Å². The van der Waals surface area contributed by atoms with Crippen molar-refractivity contribution in [1.29, 1.82) is 0 Å². The van der Waals surface area contributed by atoms with Crippen molar-refractivity contribution in [1.82, 2.24) is 4.98 Å². The quantitative estimate of drug-likeness (QED) is 0.477. The molecule has 1 aliphatic heterocycles. The number of aromatic nitrogens is 1. The third-order valence-electron chi connectivity index (χ3n) is 4.82. The summed E-state index contributed by atoms with van der Waals surface area (Å²) in [6, 6.07) is 26.5. The highest BCUT2D eigenvalue weighted by Crippen LogP contribution is 2.39. The molecule has 26 heavy (non-hydrogen) atoms. The Morgan fingerprint density at radius 1 is 0.769 bits per heavy atom. The van der Waals surface area contributed by atoms with Crippen LogP contribution in [0.15, 0.2) is 85.1 Å². The molecule has 3 aromatic carbocycles. The number of hydrogen-bond donors (Lipinski definition) is 0. The topological polar surface area (TPSA) is 25.4 Å². The van der Waals surface area contributed by atoms with Gasteiger partial charge < -0.3 is 9.64 Å². The van der Waals surface area contributed by atoms with Crippen LogP contribution in [0.2, 0.25) is 0 Å². The van der Waals surface area contributed by atoms with Gasteiger partial charge >= 0.3 is 0 Å². The maximum Gasteiger partial charge on any atom is 0.127 e. The lowest BCUT2D eigenvalue weighted by atomic mass is 10.1. The zero-order valence-electron chi connectivity index (χ0n) is 14.3. The van der Waals surface area contributed by atoms with Crippen LogP contribution in [-0.4, -0.2) is 11.5 Å². The van der Waals surface area contributed by atoms with E-state index in [1.807, 2.05) is 54.7 Å². The van der Waals surface area contributed by atoms with Gasteiger partial charge in [0.2, 0.25) is 0 Å². The summed E-state index contributed by atoms with van der Waals surface area (Å²) in [5, 5.41) is 1.21. The Bertz CT molecular complexity index is 1060. The molecule has 0 unspecified atom stereocenters. The van der Waals surface area contributed by atoms with E-state index < -0.39 is 0 Å². The van der Waals surface area contributed by atoms with E-state index in [0.29, 0.717) is 0 Å². The summed E-state index contributed by atoms with van der Waals surface area (Å²) in [7, 11) is 0. The van der Waals surface area contributed by atoms with E-state index in [9.17, 15) is 0 Å². The van der Waals surface area contributed by atoms with Gasteiger partial charge in [-0.3, -0.25) is 4.98 Å². The van der Waals surface area contributed by atoms with Crippen molar-refractivity contribution >= 4 is 22.3 Å². The molecule has 0 radical (unpaired) electrons. The van der Waals surface area contributed by atoms with Crippen molar-refractivity contribution in [2.75, 3.05) is 11.4 Å². The van der Waals surface area contributed by atoms with Gasteiger partial charge in [0.1, 0.15) is 11.5 Å². The Morgan fingerprint density at radius 3 is 2.35 bits per heavy atom. The fourth-order valence-electron chi connectivity index (χ4n) is 3.59. The molecule has 0 saturated heterocycles. The van der Waals surface area contributed by atoms with Crippen LogP contribution in [0.1, 0.15) is 5.56 Å². The average Bonchev–Trinajstić information content (AvgIpc) is 3.14. The van der Waals surface area contributed by atoms with Gasteiger partial charge in [0, 0.05) is 23.8 Å². The van der Waals surface area contributed by atoms with Crippen molar-refractivity contribution in [3.05, 3.63) is 90.6 Å². The van der Waals surface area contributed by atoms with Crippen LogP contribution in [0.4, 0.5) is 11.4 Å². The minimum absolute atomic E-state index is 0.846. The zero-order chi connectivity index (χ0) is 17.3. The number of para-hydroxylation sites is 2. The monoisotopic (exact) mass is 338 g/mol. The minimum Gasteiger partial charge on any atom is -0.457 e. The van der Waals surface area contributed by atoms with Gasteiger partial charge in [-0.05, 0) is 54.4 Å². The first-order valence-corrected chi connectivity index (χ1v) is 8.86. The molecule has 1 aliphatic rings. The Hall–Kier alpha value is -3.33. The van der Waals surface area contributed by atoms with E-state index in [2.05, 4.69) is 40.2 Å². The molecule has 0 spiro atoms. The highest BCUT2D eigenvalue weighted by molar-refractivity contribution is 5.96. The van der Waals surface area contributed by atoms with Gasteiger partial charge in [-0.1, -0.05) is 36.4 Å². The second kappa shape index (κ2) is 6.19. The summed E-state index contributed by atoms with van der Waals surface area (Å²) in [4.78, 5) is 6.98. The maximum absolute atomic E-state index is 5.91. The fourth-order valence-corrected chi connectivity index (χ4v) is 3.59. The van der Waals surface area contributed by atoms with Crippen molar-refractivity contribution in [2.24, 2.45) is 0 Å². The number of rotatable bonds is 3. The number of pyridine rings is 1. The minimum atomic E-state index is 0.846. The van der Waals surface area contributed by atoms with Gasteiger partial charge in [0.05, 0.1) is 11.2 Å². The fraction of sp³-hybridized carbons (Fsp3) is 0.0870. The summed E-state index contributed by atoms with van der Waals surface area (Å²) >= 11 is 0. The predicted octanol–water partition coefficient (Wildman–Crippen LogP) is 5.72. The molecule has 2 heterocycles. The summed E-state index contributed by atoms with van der Waals surface area (Å²) < 4.78 is 5.91. The maximum atomic E-state index is 5.91. The largest absolute Gasteiger partial charge is 0.457 e. The molecule has 0 fully saturated rings. The molecule has 0 bridgehead atoms. The lowest BCUT2D eigenvalue weighted by Gasteiger charge is -2.21. The van der Waals surface area contributed by atoms with Crippen LogP contribution >= 0.6 is 0 Å². The average molecular weight is 338 g/mol. The zero-order valence-corrected chi connectivity index (χ0v) is 14.3. The molecule has 3 nitrogen and oxygen atoms in total. The predicted molar refractivity (Wildman–Crippen MR) is 105 cm³/mol. The van der Waals surface area contributed by atoms with Gasteiger partial charge in [0.15, 0.2) is 0 Å². The van der Waals surface area contributed by atoms with Crippen molar-refractivity contribution in [3.8, 4) is 11.5 Å². The normalized spacial score (nSPS) is 13.0. The number of benzene rings is 3. The Kier molecular flexibility index (Phi) is 3.56. The molecule has 1 aromatic heterocycles. The van der Waals surface area contributed by atoms with Crippen molar-refractivity contribution < 1.29 is 4.74 Å². The van der Waals surface area contributed by atoms with E-state index in [0.717, 1.165) is 30.0 Å². The van der Waals surface area contributed by atoms with E-state index >= 15 is 0 Å². The summed E-state index contributed by atoms with van der Waals surface area (Å²) in [6.07, 6.45) is 3.04. The molecule has 0 N–H and O–H groups in total. The first-order valence-electron chi connectivity index (χ1n) is 8.86. The van der Waals surface area contributed by atoms with E-state index in [1.54, 1.807) is 0 Å². The molecular formula is C23H18N2O. The first-order chi connectivity index (χ1) is 12.9.